The third kappa shape index (κ3) is 3.02. The van der Waals surface area contributed by atoms with Crippen molar-refractivity contribution in [1.82, 2.24) is 4.90 Å². The van der Waals surface area contributed by atoms with Gasteiger partial charge in [-0.25, -0.2) is 9.18 Å². The average molecular weight is 291 g/mol. The number of hydrogen-bond acceptors (Lipinski definition) is 2. The third-order valence-corrected chi connectivity index (χ3v) is 4.61. The molecule has 0 bridgehead atoms. The fourth-order valence-electron chi connectivity index (χ4n) is 3.14. The molecule has 1 saturated heterocycles. The molecule has 1 aliphatic carbocycles. The maximum absolute atomic E-state index is 13.5. The van der Waals surface area contributed by atoms with Crippen molar-refractivity contribution in [1.29, 1.82) is 0 Å². The van der Waals surface area contributed by atoms with Gasteiger partial charge in [-0.2, -0.15) is 0 Å². The van der Waals surface area contributed by atoms with E-state index in [2.05, 4.69) is 11.4 Å². The first kappa shape index (κ1) is 14.3. The lowest BCUT2D eigenvalue weighted by atomic mass is 9.80. The summed E-state index contributed by atoms with van der Waals surface area (Å²) >= 11 is 0. The van der Waals surface area contributed by atoms with Gasteiger partial charge in [0, 0.05) is 24.7 Å². The predicted molar refractivity (Wildman–Crippen MR) is 81.1 cm³/mol. The van der Waals surface area contributed by atoms with Crippen molar-refractivity contribution in [3.8, 4) is 0 Å². The van der Waals surface area contributed by atoms with Crippen LogP contribution < -0.4 is 11.1 Å². The number of nitrogens with zero attached hydrogens (tertiary/aromatic N) is 1. The van der Waals surface area contributed by atoms with Gasteiger partial charge in [0.2, 0.25) is 0 Å². The Morgan fingerprint density at radius 2 is 2.24 bits per heavy atom. The zero-order valence-corrected chi connectivity index (χ0v) is 12.1. The molecule has 3 rings (SSSR count). The fraction of sp³-hybridized carbons (Fsp3) is 0.562. The van der Waals surface area contributed by atoms with E-state index in [-0.39, 0.29) is 18.6 Å². The van der Waals surface area contributed by atoms with Crippen molar-refractivity contribution in [2.75, 3.05) is 18.4 Å². The van der Waals surface area contributed by atoms with Crippen LogP contribution in [0.2, 0.25) is 0 Å². The molecule has 0 unspecified atom stereocenters. The molecule has 0 aromatic heterocycles. The van der Waals surface area contributed by atoms with Gasteiger partial charge >= 0.3 is 6.03 Å². The largest absolute Gasteiger partial charge is 0.328 e. The summed E-state index contributed by atoms with van der Waals surface area (Å²) in [5.41, 5.74) is 7.68. The molecular formula is C16H22FN3O. The van der Waals surface area contributed by atoms with E-state index in [1.807, 2.05) is 18.2 Å². The molecule has 5 heteroatoms. The van der Waals surface area contributed by atoms with Gasteiger partial charge in [0.05, 0.1) is 6.54 Å². The summed E-state index contributed by atoms with van der Waals surface area (Å²) in [5, 5.41) is 2.88. The van der Waals surface area contributed by atoms with Gasteiger partial charge in [-0.15, -0.1) is 0 Å². The van der Waals surface area contributed by atoms with Gasteiger partial charge in [0.25, 0.3) is 0 Å². The molecule has 2 fully saturated rings. The Balaban J connectivity index is 1.66. The smallest absolute Gasteiger partial charge is 0.322 e. The van der Waals surface area contributed by atoms with Gasteiger partial charge in [-0.05, 0) is 36.5 Å². The maximum Gasteiger partial charge on any atom is 0.322 e. The molecule has 4 nitrogen and oxygen atoms in total. The maximum atomic E-state index is 13.5. The summed E-state index contributed by atoms with van der Waals surface area (Å²) in [6, 6.07) is 7.52. The minimum Gasteiger partial charge on any atom is -0.328 e. The van der Waals surface area contributed by atoms with Crippen LogP contribution in [0.15, 0.2) is 24.3 Å². The topological polar surface area (TPSA) is 58.4 Å². The number of anilines is 1. The number of urea groups is 1. The molecule has 114 valence electrons. The summed E-state index contributed by atoms with van der Waals surface area (Å²) in [5.74, 6) is 0.626. The quantitative estimate of drug-likeness (QED) is 0.899. The molecule has 0 spiro atoms. The molecule has 21 heavy (non-hydrogen) atoms. The second-order valence-electron chi connectivity index (χ2n) is 6.06. The van der Waals surface area contributed by atoms with E-state index < -0.39 is 6.17 Å². The number of carbonyl (C=O) groups is 1. The number of amides is 2. The normalized spacial score (nSPS) is 25.7. The van der Waals surface area contributed by atoms with Gasteiger partial charge in [-0.3, -0.25) is 0 Å². The lowest BCUT2D eigenvalue weighted by Crippen LogP contribution is -2.42. The van der Waals surface area contributed by atoms with Crippen LogP contribution in [0.1, 0.15) is 37.2 Å². The predicted octanol–water partition coefficient (Wildman–Crippen LogP) is 2.86. The molecule has 2 amide bonds. The van der Waals surface area contributed by atoms with Crippen molar-refractivity contribution in [2.45, 2.75) is 43.8 Å². The van der Waals surface area contributed by atoms with E-state index in [0.29, 0.717) is 18.9 Å². The Morgan fingerprint density at radius 3 is 2.90 bits per heavy atom. The Hall–Kier alpha value is -1.62. The number of alkyl halides is 1. The van der Waals surface area contributed by atoms with Crippen molar-refractivity contribution in [3.63, 3.8) is 0 Å². The highest BCUT2D eigenvalue weighted by molar-refractivity contribution is 5.89. The molecule has 1 aromatic carbocycles. The van der Waals surface area contributed by atoms with Gasteiger partial charge in [0.15, 0.2) is 0 Å². The molecule has 2 atom stereocenters. The summed E-state index contributed by atoms with van der Waals surface area (Å²) in [4.78, 5) is 13.8. The minimum absolute atomic E-state index is 0.135. The Morgan fingerprint density at radius 1 is 1.43 bits per heavy atom. The van der Waals surface area contributed by atoms with E-state index in [1.54, 1.807) is 0 Å². The molecule has 0 radical (unpaired) electrons. The van der Waals surface area contributed by atoms with Crippen LogP contribution in [-0.2, 0) is 0 Å². The second-order valence-corrected chi connectivity index (χ2v) is 6.06. The first-order valence-corrected chi connectivity index (χ1v) is 7.69. The molecule has 2 aliphatic rings. The summed E-state index contributed by atoms with van der Waals surface area (Å²) < 4.78 is 13.5. The lowest BCUT2D eigenvalue weighted by molar-refractivity contribution is 0.205. The van der Waals surface area contributed by atoms with Crippen molar-refractivity contribution >= 4 is 11.7 Å². The highest BCUT2D eigenvalue weighted by Gasteiger charge is 2.34. The van der Waals surface area contributed by atoms with Crippen LogP contribution >= 0.6 is 0 Å². The van der Waals surface area contributed by atoms with Crippen molar-refractivity contribution in [3.05, 3.63) is 29.8 Å². The van der Waals surface area contributed by atoms with Crippen molar-refractivity contribution < 1.29 is 9.18 Å². The number of nitrogens with one attached hydrogen (secondary N) is 1. The summed E-state index contributed by atoms with van der Waals surface area (Å²) in [6.07, 6.45) is 3.10. The van der Waals surface area contributed by atoms with Crippen LogP contribution in [0.4, 0.5) is 14.9 Å². The number of likely N-dealkylation sites (tertiary alicyclic amines) is 1. The first-order valence-electron chi connectivity index (χ1n) is 7.69. The number of halogens is 1. The van der Waals surface area contributed by atoms with E-state index in [9.17, 15) is 9.18 Å². The SMILES string of the molecule is NC[C@@H]1C[C@H](F)CN1C(=O)Nc1cccc(C2CCC2)c1. The first-order chi connectivity index (χ1) is 10.2. The summed E-state index contributed by atoms with van der Waals surface area (Å²) in [7, 11) is 0. The minimum atomic E-state index is -0.967. The average Bonchev–Trinajstić information content (AvgIpc) is 2.78. The molecule has 3 N–H and O–H groups in total. The lowest BCUT2D eigenvalue weighted by Gasteiger charge is -2.27. The third-order valence-electron chi connectivity index (χ3n) is 4.61. The fourth-order valence-corrected chi connectivity index (χ4v) is 3.14. The van der Waals surface area contributed by atoms with Crippen LogP contribution in [-0.4, -0.2) is 36.2 Å². The zero-order chi connectivity index (χ0) is 14.8. The van der Waals surface area contributed by atoms with E-state index >= 15 is 0 Å². The number of hydrogen-bond donors (Lipinski definition) is 2. The second kappa shape index (κ2) is 6.02. The molecule has 1 aromatic rings. The van der Waals surface area contributed by atoms with E-state index in [4.69, 9.17) is 5.73 Å². The highest BCUT2D eigenvalue weighted by Crippen LogP contribution is 2.37. The number of rotatable bonds is 3. The van der Waals surface area contributed by atoms with Crippen LogP contribution in [0.3, 0.4) is 0 Å². The zero-order valence-electron chi connectivity index (χ0n) is 12.1. The molecule has 1 heterocycles. The highest BCUT2D eigenvalue weighted by atomic mass is 19.1. The number of carbonyl (C=O) groups excluding carboxylic acids is 1. The Kier molecular flexibility index (Phi) is 4.10. The Labute approximate surface area is 124 Å². The monoisotopic (exact) mass is 291 g/mol. The van der Waals surface area contributed by atoms with Crippen LogP contribution in [0, 0.1) is 0 Å². The number of benzene rings is 1. The molecule has 1 aliphatic heterocycles. The van der Waals surface area contributed by atoms with Crippen molar-refractivity contribution in [2.24, 2.45) is 5.73 Å². The van der Waals surface area contributed by atoms with E-state index in [0.717, 1.165) is 5.69 Å². The molecule has 1 saturated carbocycles. The summed E-state index contributed by atoms with van der Waals surface area (Å²) in [6.45, 7) is 0.436. The van der Waals surface area contributed by atoms with E-state index in [1.165, 1.54) is 29.7 Å². The van der Waals surface area contributed by atoms with Crippen LogP contribution in [0.25, 0.3) is 0 Å². The van der Waals surface area contributed by atoms with Crippen LogP contribution in [0.5, 0.6) is 0 Å². The standard InChI is InChI=1S/C16H22FN3O/c17-13-8-15(9-18)20(10-13)16(21)19-14-6-2-5-12(7-14)11-3-1-4-11/h2,5-7,11,13,15H,1,3-4,8-10,18H2,(H,19,21)/t13-,15-/m0/s1. The Bertz CT molecular complexity index is 518. The number of nitrogens with two attached hydrogens (primary N) is 1. The van der Waals surface area contributed by atoms with Gasteiger partial charge < -0.3 is 16.0 Å². The van der Waals surface area contributed by atoms with Gasteiger partial charge in [0.1, 0.15) is 6.17 Å². The van der Waals surface area contributed by atoms with Gasteiger partial charge in [-0.1, -0.05) is 18.6 Å². The molecular weight excluding hydrogens is 269 g/mol.